The molecule has 1 aromatic heterocycles. The fraction of sp³-hybridized carbons (Fsp3) is 0.474. The predicted octanol–water partition coefficient (Wildman–Crippen LogP) is 4.03. The molecule has 2 rings (SSSR count). The van der Waals surface area contributed by atoms with E-state index in [1.165, 1.54) is 0 Å². The van der Waals surface area contributed by atoms with Crippen LogP contribution in [0.15, 0.2) is 34.6 Å². The number of methoxy groups -OCH3 is 1. The van der Waals surface area contributed by atoms with Crippen LogP contribution in [0.2, 0.25) is 0 Å². The van der Waals surface area contributed by atoms with Gasteiger partial charge in [0.15, 0.2) is 5.96 Å². The first-order valence-corrected chi connectivity index (χ1v) is 9.73. The minimum absolute atomic E-state index is 0. The van der Waals surface area contributed by atoms with Gasteiger partial charge in [0.05, 0.1) is 25.9 Å². The lowest BCUT2D eigenvalue weighted by Crippen LogP contribution is -2.39. The lowest BCUT2D eigenvalue weighted by molar-refractivity contribution is 0.319. The summed E-state index contributed by atoms with van der Waals surface area (Å²) in [5.74, 6) is 2.79. The number of guanidine groups is 1. The van der Waals surface area contributed by atoms with Crippen molar-refractivity contribution in [2.24, 2.45) is 4.99 Å². The number of halogens is 1. The molecule has 0 unspecified atom stereocenters. The van der Waals surface area contributed by atoms with Crippen LogP contribution in [-0.2, 0) is 6.54 Å². The Hall–Kier alpha value is -1.55. The van der Waals surface area contributed by atoms with Gasteiger partial charge in [0, 0.05) is 18.0 Å². The molecule has 2 aromatic rings. The number of aliphatic imine (C=N–C) groups is 1. The van der Waals surface area contributed by atoms with E-state index in [1.807, 2.05) is 31.2 Å². The van der Waals surface area contributed by atoms with Gasteiger partial charge in [-0.05, 0) is 25.0 Å². The van der Waals surface area contributed by atoms with Crippen LogP contribution in [0.3, 0.4) is 0 Å². The summed E-state index contributed by atoms with van der Waals surface area (Å²) in [7, 11) is 1.65. The summed E-state index contributed by atoms with van der Waals surface area (Å²) < 4.78 is 10.9. The molecule has 150 valence electrons. The second-order valence-corrected chi connectivity index (χ2v) is 6.91. The van der Waals surface area contributed by atoms with E-state index in [-0.39, 0.29) is 24.0 Å². The summed E-state index contributed by atoms with van der Waals surface area (Å²) in [4.78, 5) is 9.21. The van der Waals surface area contributed by atoms with Crippen LogP contribution >= 0.6 is 35.3 Å². The number of ether oxygens (including phenoxy) is 2. The average molecular weight is 504 g/mol. The van der Waals surface area contributed by atoms with Gasteiger partial charge in [0.2, 0.25) is 0 Å². The maximum absolute atomic E-state index is 5.73. The Kier molecular flexibility index (Phi) is 11.1. The Morgan fingerprint density at radius 1 is 1.26 bits per heavy atom. The molecular weight excluding hydrogens is 475 g/mol. The molecule has 1 heterocycles. The highest BCUT2D eigenvalue weighted by Gasteiger charge is 2.05. The number of rotatable bonds is 9. The molecule has 0 aliphatic rings. The topological polar surface area (TPSA) is 67.8 Å². The van der Waals surface area contributed by atoms with E-state index >= 15 is 0 Å². The van der Waals surface area contributed by atoms with Crippen LogP contribution in [0.5, 0.6) is 11.5 Å². The highest BCUT2D eigenvalue weighted by Crippen LogP contribution is 2.19. The molecule has 6 nitrogen and oxygen atoms in total. The van der Waals surface area contributed by atoms with Crippen LogP contribution < -0.4 is 20.1 Å². The zero-order valence-electron chi connectivity index (χ0n) is 16.3. The fourth-order valence-electron chi connectivity index (χ4n) is 2.18. The van der Waals surface area contributed by atoms with Gasteiger partial charge in [0.25, 0.3) is 0 Å². The van der Waals surface area contributed by atoms with E-state index < -0.39 is 0 Å². The highest BCUT2D eigenvalue weighted by molar-refractivity contribution is 14.0. The molecule has 0 radical (unpaired) electrons. The third kappa shape index (κ3) is 8.34. The number of hydrogen-bond donors (Lipinski definition) is 2. The standard InChI is InChI=1S/C19H28N4O2S.HI/c1-5-20-19(22-12-18-23-17(13-26-18)14(2)3)21-9-10-25-16-8-6-7-15(11-16)24-4;/h6-8,11,13-14H,5,9-10,12H2,1-4H3,(H2,20,21,22);1H. The van der Waals surface area contributed by atoms with Gasteiger partial charge in [-0.1, -0.05) is 19.9 Å². The number of aromatic nitrogens is 1. The summed E-state index contributed by atoms with van der Waals surface area (Å²) in [5.41, 5.74) is 1.13. The number of nitrogens with one attached hydrogen (secondary N) is 2. The van der Waals surface area contributed by atoms with Gasteiger partial charge in [-0.3, -0.25) is 0 Å². The molecule has 1 aromatic carbocycles. The summed E-state index contributed by atoms with van der Waals surface area (Å²) in [5, 5.41) is 9.65. The lowest BCUT2D eigenvalue weighted by Gasteiger charge is -2.12. The molecular formula is C19H29IN4O2S. The quantitative estimate of drug-likeness (QED) is 0.234. The summed E-state index contributed by atoms with van der Waals surface area (Å²) in [6, 6.07) is 7.58. The van der Waals surface area contributed by atoms with E-state index in [2.05, 4.69) is 39.8 Å². The molecule has 8 heteroatoms. The number of thiazole rings is 1. The van der Waals surface area contributed by atoms with E-state index in [0.717, 1.165) is 34.7 Å². The maximum atomic E-state index is 5.73. The van der Waals surface area contributed by atoms with E-state index in [9.17, 15) is 0 Å². The zero-order valence-corrected chi connectivity index (χ0v) is 19.5. The van der Waals surface area contributed by atoms with Gasteiger partial charge in [-0.15, -0.1) is 35.3 Å². The van der Waals surface area contributed by atoms with Crippen molar-refractivity contribution < 1.29 is 9.47 Å². The first kappa shape index (κ1) is 23.5. The smallest absolute Gasteiger partial charge is 0.191 e. The highest BCUT2D eigenvalue weighted by atomic mass is 127. The second-order valence-electron chi connectivity index (χ2n) is 5.97. The molecule has 2 N–H and O–H groups in total. The summed E-state index contributed by atoms with van der Waals surface area (Å²) >= 11 is 1.66. The largest absolute Gasteiger partial charge is 0.497 e. The minimum Gasteiger partial charge on any atom is -0.497 e. The fourth-order valence-corrected chi connectivity index (χ4v) is 3.06. The molecule has 0 aliphatic heterocycles. The van der Waals surface area contributed by atoms with Crippen molar-refractivity contribution in [1.82, 2.24) is 15.6 Å². The Morgan fingerprint density at radius 2 is 2.04 bits per heavy atom. The van der Waals surface area contributed by atoms with Gasteiger partial charge < -0.3 is 20.1 Å². The molecule has 0 amide bonds. The van der Waals surface area contributed by atoms with Crippen molar-refractivity contribution >= 4 is 41.3 Å². The summed E-state index contributed by atoms with van der Waals surface area (Å²) in [6.07, 6.45) is 0. The second kappa shape index (κ2) is 12.8. The van der Waals surface area contributed by atoms with Crippen molar-refractivity contribution in [1.29, 1.82) is 0 Å². The number of nitrogens with zero attached hydrogens (tertiary/aromatic N) is 2. The van der Waals surface area contributed by atoms with Crippen LogP contribution in [0.4, 0.5) is 0 Å². The Morgan fingerprint density at radius 3 is 2.70 bits per heavy atom. The van der Waals surface area contributed by atoms with Gasteiger partial charge in [-0.25, -0.2) is 9.98 Å². The Bertz CT molecular complexity index is 707. The van der Waals surface area contributed by atoms with Crippen LogP contribution in [0.1, 0.15) is 37.4 Å². The van der Waals surface area contributed by atoms with Gasteiger partial charge in [0.1, 0.15) is 23.1 Å². The van der Waals surface area contributed by atoms with Crippen LogP contribution in [-0.4, -0.2) is 37.7 Å². The molecule has 0 bridgehead atoms. The van der Waals surface area contributed by atoms with Gasteiger partial charge >= 0.3 is 0 Å². The average Bonchev–Trinajstić information content (AvgIpc) is 3.12. The monoisotopic (exact) mass is 504 g/mol. The van der Waals surface area contributed by atoms with E-state index in [1.54, 1.807) is 18.4 Å². The molecule has 0 atom stereocenters. The first-order chi connectivity index (χ1) is 12.6. The van der Waals surface area contributed by atoms with Crippen LogP contribution in [0, 0.1) is 0 Å². The Balaban J connectivity index is 0.00000364. The van der Waals surface area contributed by atoms with Crippen LogP contribution in [0.25, 0.3) is 0 Å². The van der Waals surface area contributed by atoms with Crippen molar-refractivity contribution in [3.05, 3.63) is 40.3 Å². The molecule has 0 spiro atoms. The van der Waals surface area contributed by atoms with E-state index in [0.29, 0.717) is 25.6 Å². The third-order valence-corrected chi connectivity index (χ3v) is 4.43. The molecule has 0 aliphatic carbocycles. The van der Waals surface area contributed by atoms with Gasteiger partial charge in [-0.2, -0.15) is 0 Å². The van der Waals surface area contributed by atoms with Crippen molar-refractivity contribution in [2.75, 3.05) is 26.8 Å². The number of benzene rings is 1. The molecule has 0 saturated carbocycles. The Labute approximate surface area is 182 Å². The van der Waals surface area contributed by atoms with E-state index in [4.69, 9.17) is 9.47 Å². The predicted molar refractivity (Wildman–Crippen MR) is 123 cm³/mol. The van der Waals surface area contributed by atoms with Crippen molar-refractivity contribution in [3.8, 4) is 11.5 Å². The first-order valence-electron chi connectivity index (χ1n) is 8.85. The number of hydrogen-bond acceptors (Lipinski definition) is 5. The summed E-state index contributed by atoms with van der Waals surface area (Å²) in [6.45, 7) is 8.90. The normalized spacial score (nSPS) is 11.1. The molecule has 0 fully saturated rings. The minimum atomic E-state index is 0. The zero-order chi connectivity index (χ0) is 18.8. The third-order valence-electron chi connectivity index (χ3n) is 3.58. The molecule has 27 heavy (non-hydrogen) atoms. The lowest BCUT2D eigenvalue weighted by atomic mass is 10.2. The SMILES string of the molecule is CCNC(=NCc1nc(C(C)C)cs1)NCCOc1cccc(OC)c1.I. The molecule has 0 saturated heterocycles. The van der Waals surface area contributed by atoms with Crippen molar-refractivity contribution in [2.45, 2.75) is 33.2 Å². The maximum Gasteiger partial charge on any atom is 0.191 e. The van der Waals surface area contributed by atoms with Crippen molar-refractivity contribution in [3.63, 3.8) is 0 Å².